The lowest BCUT2D eigenvalue weighted by Gasteiger charge is -2.39. The van der Waals surface area contributed by atoms with Gasteiger partial charge in [-0.05, 0) is 25.0 Å². The van der Waals surface area contributed by atoms with E-state index >= 15 is 0 Å². The first-order valence-electron chi connectivity index (χ1n) is 8.64. The predicted molar refractivity (Wildman–Crippen MR) is 89.1 cm³/mol. The average Bonchev–Trinajstić information content (AvgIpc) is 3.13. The van der Waals surface area contributed by atoms with E-state index in [0.29, 0.717) is 12.0 Å². The molecule has 2 aromatic rings. The van der Waals surface area contributed by atoms with Crippen molar-refractivity contribution in [2.45, 2.75) is 38.0 Å². The Hall–Kier alpha value is -1.43. The summed E-state index contributed by atoms with van der Waals surface area (Å²) in [7, 11) is 2.09. The van der Waals surface area contributed by atoms with E-state index in [0.717, 1.165) is 56.9 Å². The smallest absolute Gasteiger partial charge is 0.123 e. The largest absolute Gasteiger partial charge is 0.393 e. The van der Waals surface area contributed by atoms with Gasteiger partial charge < -0.3 is 14.4 Å². The maximum atomic E-state index is 10.3. The molecule has 1 aliphatic carbocycles. The normalized spacial score (nSPS) is 29.4. The summed E-state index contributed by atoms with van der Waals surface area (Å²) < 4.78 is 7.91. The van der Waals surface area contributed by atoms with Gasteiger partial charge in [0.25, 0.3) is 0 Å². The summed E-state index contributed by atoms with van der Waals surface area (Å²) in [6.07, 6.45) is 2.99. The Morgan fingerprint density at radius 3 is 2.96 bits per heavy atom. The van der Waals surface area contributed by atoms with Crippen molar-refractivity contribution in [1.29, 1.82) is 0 Å². The van der Waals surface area contributed by atoms with Crippen LogP contribution < -0.4 is 0 Å². The van der Waals surface area contributed by atoms with Crippen molar-refractivity contribution in [3.8, 4) is 0 Å². The number of aryl methyl sites for hydroxylation is 1. The molecule has 0 spiro atoms. The highest BCUT2D eigenvalue weighted by atomic mass is 16.5. The fourth-order valence-electron chi connectivity index (χ4n) is 4.18. The molecule has 0 unspecified atom stereocenters. The summed E-state index contributed by atoms with van der Waals surface area (Å²) in [6, 6.07) is 8.58. The Bertz CT molecular complexity index is 684. The Balaban J connectivity index is 1.58. The van der Waals surface area contributed by atoms with Crippen LogP contribution in [0.25, 0.3) is 11.0 Å². The molecule has 23 heavy (non-hydrogen) atoms. The van der Waals surface area contributed by atoms with Crippen LogP contribution in [0.4, 0.5) is 0 Å². The van der Waals surface area contributed by atoms with Crippen molar-refractivity contribution >= 4 is 11.0 Å². The first kappa shape index (κ1) is 15.1. The fraction of sp³-hybridized carbons (Fsp3) is 0.611. The lowest BCUT2D eigenvalue weighted by atomic mass is 9.94. The van der Waals surface area contributed by atoms with Crippen LogP contribution >= 0.6 is 0 Å². The molecule has 1 saturated heterocycles. The van der Waals surface area contributed by atoms with Gasteiger partial charge in [-0.2, -0.15) is 0 Å². The number of nitrogens with zero attached hydrogens (tertiary/aromatic N) is 3. The Morgan fingerprint density at radius 2 is 2.17 bits per heavy atom. The van der Waals surface area contributed by atoms with E-state index < -0.39 is 0 Å². The van der Waals surface area contributed by atoms with Crippen LogP contribution in [0, 0.1) is 5.92 Å². The van der Waals surface area contributed by atoms with E-state index in [1.165, 1.54) is 5.52 Å². The number of aromatic nitrogens is 2. The standard InChI is InChI=1S/C18H25N3O2/c1-20-15-7-3-2-6-14(15)19-18(20)11-21-9-10-23-12-16(21)13-5-4-8-17(13)22/h2-3,6-7,13,16-17,22H,4-5,8-12H2,1H3/t13-,16+,17-/m0/s1. The van der Waals surface area contributed by atoms with Crippen LogP contribution in [-0.4, -0.2) is 51.5 Å². The minimum atomic E-state index is -0.176. The minimum Gasteiger partial charge on any atom is -0.393 e. The highest BCUT2D eigenvalue weighted by molar-refractivity contribution is 5.75. The molecule has 2 aliphatic rings. The maximum Gasteiger partial charge on any atom is 0.123 e. The molecule has 4 rings (SSSR count). The predicted octanol–water partition coefficient (Wildman–Crippen LogP) is 1.94. The van der Waals surface area contributed by atoms with E-state index in [-0.39, 0.29) is 6.10 Å². The lowest BCUT2D eigenvalue weighted by Crippen LogP contribution is -2.50. The number of benzene rings is 1. The van der Waals surface area contributed by atoms with E-state index in [9.17, 15) is 5.11 Å². The van der Waals surface area contributed by atoms with E-state index in [2.05, 4.69) is 34.7 Å². The first-order valence-corrected chi connectivity index (χ1v) is 8.64. The van der Waals surface area contributed by atoms with Crippen molar-refractivity contribution in [1.82, 2.24) is 14.5 Å². The van der Waals surface area contributed by atoms with Gasteiger partial charge in [-0.25, -0.2) is 4.98 Å². The van der Waals surface area contributed by atoms with Gasteiger partial charge in [0.2, 0.25) is 0 Å². The highest BCUT2D eigenvalue weighted by Gasteiger charge is 2.37. The molecule has 2 fully saturated rings. The van der Waals surface area contributed by atoms with Gasteiger partial charge in [-0.3, -0.25) is 4.90 Å². The second kappa shape index (κ2) is 6.23. The van der Waals surface area contributed by atoms with Gasteiger partial charge in [0.05, 0.1) is 36.9 Å². The monoisotopic (exact) mass is 315 g/mol. The van der Waals surface area contributed by atoms with E-state index in [1.807, 2.05) is 6.07 Å². The molecular weight excluding hydrogens is 290 g/mol. The molecule has 0 bridgehead atoms. The SMILES string of the molecule is Cn1c(CN2CCOC[C@@H]2[C@@H]2CCC[C@@H]2O)nc2ccccc21. The second-order valence-corrected chi connectivity index (χ2v) is 6.85. The number of hydrogen-bond donors (Lipinski definition) is 1. The molecule has 5 nitrogen and oxygen atoms in total. The number of ether oxygens (including phenoxy) is 1. The molecule has 0 amide bonds. The summed E-state index contributed by atoms with van der Waals surface area (Å²) in [5.41, 5.74) is 2.23. The number of morpholine rings is 1. The van der Waals surface area contributed by atoms with Gasteiger partial charge in [0.15, 0.2) is 0 Å². The molecule has 124 valence electrons. The van der Waals surface area contributed by atoms with Gasteiger partial charge >= 0.3 is 0 Å². The number of rotatable bonds is 3. The zero-order valence-electron chi connectivity index (χ0n) is 13.7. The van der Waals surface area contributed by atoms with Gasteiger partial charge in [0.1, 0.15) is 5.82 Å². The van der Waals surface area contributed by atoms with Gasteiger partial charge in [0, 0.05) is 25.6 Å². The lowest BCUT2D eigenvalue weighted by molar-refractivity contribution is -0.0547. The van der Waals surface area contributed by atoms with Crippen molar-refractivity contribution in [2.24, 2.45) is 13.0 Å². The number of para-hydroxylation sites is 2. The highest BCUT2D eigenvalue weighted by Crippen LogP contribution is 2.33. The van der Waals surface area contributed by atoms with Crippen molar-refractivity contribution in [2.75, 3.05) is 19.8 Å². The molecule has 2 heterocycles. The fourth-order valence-corrected chi connectivity index (χ4v) is 4.18. The average molecular weight is 315 g/mol. The van der Waals surface area contributed by atoms with Crippen LogP contribution in [0.1, 0.15) is 25.1 Å². The summed E-state index contributed by atoms with van der Waals surface area (Å²) in [5, 5.41) is 10.3. The first-order chi connectivity index (χ1) is 11.2. The Kier molecular flexibility index (Phi) is 4.09. The second-order valence-electron chi connectivity index (χ2n) is 6.85. The van der Waals surface area contributed by atoms with E-state index in [4.69, 9.17) is 9.72 Å². The van der Waals surface area contributed by atoms with Gasteiger partial charge in [-0.1, -0.05) is 18.6 Å². The third-order valence-electron chi connectivity index (χ3n) is 5.53. The molecule has 1 saturated carbocycles. The maximum absolute atomic E-state index is 10.3. The molecule has 5 heteroatoms. The van der Waals surface area contributed by atoms with Crippen molar-refractivity contribution < 1.29 is 9.84 Å². The summed E-state index contributed by atoms with van der Waals surface area (Å²) in [6.45, 7) is 3.23. The number of hydrogen-bond acceptors (Lipinski definition) is 4. The number of aliphatic hydroxyl groups excluding tert-OH is 1. The van der Waals surface area contributed by atoms with Gasteiger partial charge in [-0.15, -0.1) is 0 Å². The van der Waals surface area contributed by atoms with Crippen LogP contribution in [0.2, 0.25) is 0 Å². The zero-order valence-corrected chi connectivity index (χ0v) is 13.7. The zero-order chi connectivity index (χ0) is 15.8. The molecule has 3 atom stereocenters. The van der Waals surface area contributed by atoms with Crippen LogP contribution in [-0.2, 0) is 18.3 Å². The van der Waals surface area contributed by atoms with Crippen molar-refractivity contribution in [3.63, 3.8) is 0 Å². The number of fused-ring (bicyclic) bond motifs is 1. The topological polar surface area (TPSA) is 50.5 Å². The molecule has 1 aliphatic heterocycles. The number of imidazole rings is 1. The van der Waals surface area contributed by atoms with Crippen LogP contribution in [0.3, 0.4) is 0 Å². The summed E-state index contributed by atoms with van der Waals surface area (Å²) in [4.78, 5) is 7.27. The quantitative estimate of drug-likeness (QED) is 0.940. The van der Waals surface area contributed by atoms with Crippen LogP contribution in [0.5, 0.6) is 0 Å². The summed E-state index contributed by atoms with van der Waals surface area (Å²) >= 11 is 0. The molecule has 1 aromatic carbocycles. The van der Waals surface area contributed by atoms with E-state index in [1.54, 1.807) is 0 Å². The summed E-state index contributed by atoms with van der Waals surface area (Å²) in [5.74, 6) is 1.43. The third-order valence-corrected chi connectivity index (χ3v) is 5.53. The number of aliphatic hydroxyl groups is 1. The van der Waals surface area contributed by atoms with Crippen LogP contribution in [0.15, 0.2) is 24.3 Å². The molecular formula is C18H25N3O2. The Labute approximate surface area is 136 Å². The minimum absolute atomic E-state index is 0.176. The molecule has 1 aromatic heterocycles. The molecule has 0 radical (unpaired) electrons. The third kappa shape index (κ3) is 2.77. The van der Waals surface area contributed by atoms with Crippen molar-refractivity contribution in [3.05, 3.63) is 30.1 Å². The molecule has 1 N–H and O–H groups in total. The Morgan fingerprint density at radius 1 is 1.30 bits per heavy atom.